The molecule has 2 heterocycles. The largest absolute Gasteiger partial charge is 0.459 e. The van der Waals surface area contributed by atoms with Crippen molar-refractivity contribution in [2.75, 3.05) is 20.1 Å². The predicted molar refractivity (Wildman–Crippen MR) is 99.7 cm³/mol. The summed E-state index contributed by atoms with van der Waals surface area (Å²) in [5.41, 5.74) is 0.848. The molecular formula is C19H24N4O3. The van der Waals surface area contributed by atoms with Gasteiger partial charge < -0.3 is 15.1 Å². The number of para-hydroxylation sites is 1. The number of guanidine groups is 1. The number of carbonyl (C=O) groups is 2. The number of likely N-dealkylation sites (tertiary alicyclic amines) is 1. The number of benzene rings is 1. The second-order valence-electron chi connectivity index (χ2n) is 6.34. The van der Waals surface area contributed by atoms with Crippen LogP contribution in [0.5, 0.6) is 0 Å². The van der Waals surface area contributed by atoms with E-state index in [0.29, 0.717) is 38.3 Å². The summed E-state index contributed by atoms with van der Waals surface area (Å²) in [5.74, 6) is 1.22. The average molecular weight is 356 g/mol. The van der Waals surface area contributed by atoms with E-state index in [1.807, 2.05) is 37.3 Å². The van der Waals surface area contributed by atoms with Crippen molar-refractivity contribution in [3.63, 3.8) is 0 Å². The summed E-state index contributed by atoms with van der Waals surface area (Å²) in [6, 6.07) is 9.79. The molecule has 1 aromatic carbocycles. The normalized spacial score (nSPS) is 16.8. The van der Waals surface area contributed by atoms with Crippen molar-refractivity contribution < 1.29 is 14.0 Å². The SMILES string of the molecule is CN=C(NCCN1C(=O)CCCC1=O)NC(C)c1cc2ccccc2o1. The predicted octanol–water partition coefficient (Wildman–Crippen LogP) is 2.20. The third kappa shape index (κ3) is 4.04. The van der Waals surface area contributed by atoms with Crippen molar-refractivity contribution in [1.29, 1.82) is 0 Å². The van der Waals surface area contributed by atoms with Crippen LogP contribution in [0.2, 0.25) is 0 Å². The van der Waals surface area contributed by atoms with E-state index < -0.39 is 0 Å². The third-order valence-electron chi connectivity index (χ3n) is 4.46. The lowest BCUT2D eigenvalue weighted by molar-refractivity contribution is -0.147. The Morgan fingerprint density at radius 3 is 2.69 bits per heavy atom. The number of nitrogens with one attached hydrogen (secondary N) is 2. The molecule has 2 aromatic rings. The van der Waals surface area contributed by atoms with E-state index in [-0.39, 0.29) is 17.9 Å². The maximum absolute atomic E-state index is 11.8. The standard InChI is InChI=1S/C19H24N4O3/c1-13(16-12-14-6-3-4-7-15(14)26-16)22-19(20-2)21-10-11-23-17(24)8-5-9-18(23)25/h3-4,6-7,12-13H,5,8-11H2,1-2H3,(H2,20,21,22). The minimum Gasteiger partial charge on any atom is -0.459 e. The monoisotopic (exact) mass is 356 g/mol. The van der Waals surface area contributed by atoms with Gasteiger partial charge in [0.2, 0.25) is 11.8 Å². The first-order chi connectivity index (χ1) is 12.6. The van der Waals surface area contributed by atoms with E-state index in [4.69, 9.17) is 4.42 Å². The first-order valence-electron chi connectivity index (χ1n) is 8.87. The number of nitrogens with zero attached hydrogens (tertiary/aromatic N) is 2. The summed E-state index contributed by atoms with van der Waals surface area (Å²) in [7, 11) is 1.68. The van der Waals surface area contributed by atoms with Crippen LogP contribution in [0.15, 0.2) is 39.7 Å². The van der Waals surface area contributed by atoms with E-state index in [9.17, 15) is 9.59 Å². The summed E-state index contributed by atoms with van der Waals surface area (Å²) >= 11 is 0. The lowest BCUT2D eigenvalue weighted by Crippen LogP contribution is -2.46. The molecule has 1 fully saturated rings. The lowest BCUT2D eigenvalue weighted by Gasteiger charge is -2.25. The summed E-state index contributed by atoms with van der Waals surface area (Å²) in [4.78, 5) is 29.2. The number of carbonyl (C=O) groups excluding carboxylic acids is 2. The second kappa shape index (κ2) is 8.03. The van der Waals surface area contributed by atoms with E-state index in [1.54, 1.807) is 7.05 Å². The molecule has 1 aliphatic heterocycles. The Kier molecular flexibility index (Phi) is 5.55. The molecular weight excluding hydrogens is 332 g/mol. The average Bonchev–Trinajstić information content (AvgIpc) is 3.07. The van der Waals surface area contributed by atoms with Crippen LogP contribution in [-0.2, 0) is 9.59 Å². The van der Waals surface area contributed by atoms with Crippen LogP contribution >= 0.6 is 0 Å². The summed E-state index contributed by atoms with van der Waals surface area (Å²) < 4.78 is 5.86. The van der Waals surface area contributed by atoms with Gasteiger partial charge in [-0.1, -0.05) is 18.2 Å². The number of aliphatic imine (C=N–C) groups is 1. The van der Waals surface area contributed by atoms with Gasteiger partial charge >= 0.3 is 0 Å². The van der Waals surface area contributed by atoms with Crippen molar-refractivity contribution in [3.05, 3.63) is 36.1 Å². The molecule has 1 atom stereocenters. The number of furan rings is 1. The first-order valence-corrected chi connectivity index (χ1v) is 8.87. The van der Waals surface area contributed by atoms with Gasteiger partial charge in [0.1, 0.15) is 11.3 Å². The molecule has 7 nitrogen and oxygen atoms in total. The van der Waals surface area contributed by atoms with Gasteiger partial charge in [-0.05, 0) is 25.5 Å². The molecule has 7 heteroatoms. The molecule has 0 radical (unpaired) electrons. The van der Waals surface area contributed by atoms with E-state index in [1.165, 1.54) is 4.90 Å². The fraction of sp³-hybridized carbons (Fsp3) is 0.421. The fourth-order valence-corrected chi connectivity index (χ4v) is 3.02. The molecule has 3 rings (SSSR count). The van der Waals surface area contributed by atoms with Gasteiger partial charge in [0.25, 0.3) is 0 Å². The zero-order valence-corrected chi connectivity index (χ0v) is 15.1. The molecule has 0 aliphatic carbocycles. The van der Waals surface area contributed by atoms with Crippen LogP contribution in [0.4, 0.5) is 0 Å². The minimum atomic E-state index is -0.0957. The number of imide groups is 1. The lowest BCUT2D eigenvalue weighted by atomic mass is 10.1. The van der Waals surface area contributed by atoms with Gasteiger partial charge in [0.05, 0.1) is 6.04 Å². The molecule has 1 saturated heterocycles. The Bertz CT molecular complexity index is 778. The zero-order valence-electron chi connectivity index (χ0n) is 15.1. The highest BCUT2D eigenvalue weighted by Crippen LogP contribution is 2.23. The Hall–Kier alpha value is -2.83. The molecule has 0 spiro atoms. The van der Waals surface area contributed by atoms with Crippen molar-refractivity contribution in [3.8, 4) is 0 Å². The number of piperidine rings is 1. The van der Waals surface area contributed by atoms with E-state index in [2.05, 4.69) is 15.6 Å². The smallest absolute Gasteiger partial charge is 0.229 e. The van der Waals surface area contributed by atoms with Crippen LogP contribution in [-0.4, -0.2) is 42.8 Å². The van der Waals surface area contributed by atoms with Gasteiger partial charge in [-0.25, -0.2) is 0 Å². The highest BCUT2D eigenvalue weighted by atomic mass is 16.3. The highest BCUT2D eigenvalue weighted by molar-refractivity contribution is 5.97. The molecule has 138 valence electrons. The molecule has 2 amide bonds. The summed E-state index contributed by atoms with van der Waals surface area (Å²) in [5, 5.41) is 7.46. The number of fused-ring (bicyclic) bond motifs is 1. The van der Waals surface area contributed by atoms with Gasteiger partial charge in [-0.15, -0.1) is 0 Å². The second-order valence-corrected chi connectivity index (χ2v) is 6.34. The molecule has 1 aromatic heterocycles. The summed E-state index contributed by atoms with van der Waals surface area (Å²) in [6.07, 6.45) is 1.55. The van der Waals surface area contributed by atoms with Crippen LogP contribution in [0.1, 0.15) is 38.0 Å². The van der Waals surface area contributed by atoms with Crippen molar-refractivity contribution in [2.24, 2.45) is 4.99 Å². The highest BCUT2D eigenvalue weighted by Gasteiger charge is 2.25. The molecule has 0 saturated carbocycles. The maximum atomic E-state index is 11.8. The molecule has 1 aliphatic rings. The number of amides is 2. The molecule has 1 unspecified atom stereocenters. The summed E-state index contributed by atoms with van der Waals surface area (Å²) in [6.45, 7) is 2.78. The third-order valence-corrected chi connectivity index (χ3v) is 4.46. The topological polar surface area (TPSA) is 86.9 Å². The fourth-order valence-electron chi connectivity index (χ4n) is 3.02. The van der Waals surface area contributed by atoms with Gasteiger partial charge in [-0.2, -0.15) is 0 Å². The minimum absolute atomic E-state index is 0.0770. The van der Waals surface area contributed by atoms with Crippen LogP contribution in [0.25, 0.3) is 11.0 Å². The van der Waals surface area contributed by atoms with Gasteiger partial charge in [0.15, 0.2) is 5.96 Å². The van der Waals surface area contributed by atoms with Crippen LogP contribution in [0.3, 0.4) is 0 Å². The molecule has 0 bridgehead atoms. The van der Waals surface area contributed by atoms with E-state index in [0.717, 1.165) is 16.7 Å². The Morgan fingerprint density at radius 2 is 2.00 bits per heavy atom. The first kappa shape index (κ1) is 18.0. The molecule has 2 N–H and O–H groups in total. The van der Waals surface area contributed by atoms with E-state index >= 15 is 0 Å². The van der Waals surface area contributed by atoms with Gasteiger partial charge in [0, 0.05) is 38.4 Å². The van der Waals surface area contributed by atoms with Gasteiger partial charge in [-0.3, -0.25) is 19.5 Å². The van der Waals surface area contributed by atoms with Crippen LogP contribution in [0, 0.1) is 0 Å². The van der Waals surface area contributed by atoms with Crippen molar-refractivity contribution >= 4 is 28.7 Å². The van der Waals surface area contributed by atoms with Crippen molar-refractivity contribution in [1.82, 2.24) is 15.5 Å². The zero-order chi connectivity index (χ0) is 18.5. The van der Waals surface area contributed by atoms with Crippen LogP contribution < -0.4 is 10.6 Å². The number of hydrogen-bond acceptors (Lipinski definition) is 4. The molecule has 26 heavy (non-hydrogen) atoms. The number of rotatable bonds is 5. The van der Waals surface area contributed by atoms with Crippen molar-refractivity contribution in [2.45, 2.75) is 32.2 Å². The Morgan fingerprint density at radius 1 is 1.27 bits per heavy atom. The number of hydrogen-bond donors (Lipinski definition) is 2. The maximum Gasteiger partial charge on any atom is 0.229 e. The Balaban J connectivity index is 1.54. The Labute approximate surface area is 152 Å². The quantitative estimate of drug-likeness (QED) is 0.487.